The Kier molecular flexibility index (Phi) is 4.19. The molecule has 0 atom stereocenters. The maximum atomic E-state index is 13.1. The molecule has 116 valence electrons. The van der Waals surface area contributed by atoms with Crippen LogP contribution in [0.2, 0.25) is 0 Å². The first-order valence-corrected chi connectivity index (χ1v) is 7.36. The molecule has 2 aromatic carbocycles. The lowest BCUT2D eigenvalue weighted by Crippen LogP contribution is -2.30. The normalized spacial score (nSPS) is 10.5. The highest BCUT2D eigenvalue weighted by Crippen LogP contribution is 2.18. The summed E-state index contributed by atoms with van der Waals surface area (Å²) in [5, 5.41) is 4.24. The van der Waals surface area contributed by atoms with E-state index < -0.39 is 0 Å². The highest BCUT2D eigenvalue weighted by Gasteiger charge is 2.18. The summed E-state index contributed by atoms with van der Waals surface area (Å²) in [5.41, 5.74) is 2.03. The lowest BCUT2D eigenvalue weighted by Gasteiger charge is -2.20. The number of rotatable bonds is 4. The summed E-state index contributed by atoms with van der Waals surface area (Å²) in [6, 6.07) is 15.5. The van der Waals surface area contributed by atoms with Crippen LogP contribution in [0.15, 0.2) is 67.0 Å². The summed E-state index contributed by atoms with van der Waals surface area (Å²) in [6.45, 7) is 2.36. The van der Waals surface area contributed by atoms with Gasteiger partial charge in [-0.2, -0.15) is 5.10 Å². The fourth-order valence-electron chi connectivity index (χ4n) is 2.38. The lowest BCUT2D eigenvalue weighted by molar-refractivity contribution is 0.0988. The van der Waals surface area contributed by atoms with E-state index in [1.165, 1.54) is 12.1 Å². The van der Waals surface area contributed by atoms with E-state index in [0.717, 1.165) is 5.69 Å². The van der Waals surface area contributed by atoms with Crippen LogP contribution in [0.3, 0.4) is 0 Å². The number of para-hydroxylation sites is 1. The smallest absolute Gasteiger partial charge is 0.261 e. The number of amides is 1. The van der Waals surface area contributed by atoms with Crippen molar-refractivity contribution in [2.45, 2.75) is 6.92 Å². The van der Waals surface area contributed by atoms with Crippen LogP contribution in [0, 0.1) is 5.82 Å². The number of carbonyl (C=O) groups is 1. The molecular weight excluding hydrogens is 293 g/mol. The predicted octanol–water partition coefficient (Wildman–Crippen LogP) is 3.68. The zero-order valence-electron chi connectivity index (χ0n) is 12.7. The highest BCUT2D eigenvalue weighted by molar-refractivity contribution is 6.05. The molecule has 0 aliphatic carbocycles. The summed E-state index contributed by atoms with van der Waals surface area (Å²) in [5.74, 6) is -0.490. The van der Waals surface area contributed by atoms with Crippen LogP contribution in [0.4, 0.5) is 10.1 Å². The van der Waals surface area contributed by atoms with E-state index in [4.69, 9.17) is 0 Å². The van der Waals surface area contributed by atoms with Gasteiger partial charge in [0.25, 0.3) is 5.91 Å². The second kappa shape index (κ2) is 6.44. The number of nitrogens with zero attached hydrogens (tertiary/aromatic N) is 3. The predicted molar refractivity (Wildman–Crippen MR) is 87.3 cm³/mol. The molecule has 4 nitrogen and oxygen atoms in total. The molecule has 1 heterocycles. The Labute approximate surface area is 133 Å². The average Bonchev–Trinajstić information content (AvgIpc) is 3.08. The first-order chi connectivity index (χ1) is 11.2. The van der Waals surface area contributed by atoms with Gasteiger partial charge in [-0.05, 0) is 43.3 Å². The lowest BCUT2D eigenvalue weighted by atomic mass is 10.2. The van der Waals surface area contributed by atoms with Gasteiger partial charge in [0.2, 0.25) is 0 Å². The SMILES string of the molecule is CCN(C(=O)c1cnn(-c2ccccc2)c1)c1ccc(F)cc1. The third kappa shape index (κ3) is 3.13. The van der Waals surface area contributed by atoms with Crippen molar-refractivity contribution in [2.75, 3.05) is 11.4 Å². The molecule has 0 saturated heterocycles. The minimum absolute atomic E-state index is 0.165. The minimum atomic E-state index is -0.325. The fourth-order valence-corrected chi connectivity index (χ4v) is 2.38. The van der Waals surface area contributed by atoms with E-state index in [1.807, 2.05) is 37.3 Å². The van der Waals surface area contributed by atoms with Gasteiger partial charge in [0.05, 0.1) is 17.4 Å². The van der Waals surface area contributed by atoms with E-state index in [1.54, 1.807) is 34.1 Å². The Morgan fingerprint density at radius 1 is 1.13 bits per heavy atom. The molecule has 0 radical (unpaired) electrons. The Bertz CT molecular complexity index is 797. The van der Waals surface area contributed by atoms with E-state index in [9.17, 15) is 9.18 Å². The molecule has 0 fully saturated rings. The van der Waals surface area contributed by atoms with Crippen LogP contribution < -0.4 is 4.90 Å². The van der Waals surface area contributed by atoms with E-state index in [0.29, 0.717) is 17.8 Å². The van der Waals surface area contributed by atoms with Crippen molar-refractivity contribution in [1.29, 1.82) is 0 Å². The summed E-state index contributed by atoms with van der Waals surface area (Å²) in [7, 11) is 0. The quantitative estimate of drug-likeness (QED) is 0.737. The molecule has 0 bridgehead atoms. The number of carbonyl (C=O) groups excluding carboxylic acids is 1. The molecule has 1 aromatic heterocycles. The van der Waals surface area contributed by atoms with Crippen molar-refractivity contribution in [3.8, 4) is 5.69 Å². The van der Waals surface area contributed by atoms with E-state index in [2.05, 4.69) is 5.10 Å². The van der Waals surface area contributed by atoms with Gasteiger partial charge >= 0.3 is 0 Å². The van der Waals surface area contributed by atoms with Crippen molar-refractivity contribution < 1.29 is 9.18 Å². The van der Waals surface area contributed by atoms with Crippen LogP contribution in [-0.2, 0) is 0 Å². The summed E-state index contributed by atoms with van der Waals surface area (Å²) < 4.78 is 14.7. The molecule has 0 N–H and O–H groups in total. The molecule has 3 rings (SSSR count). The number of hydrogen-bond donors (Lipinski definition) is 0. The van der Waals surface area contributed by atoms with Crippen LogP contribution in [0.25, 0.3) is 5.69 Å². The molecule has 0 spiro atoms. The fraction of sp³-hybridized carbons (Fsp3) is 0.111. The second-order valence-corrected chi connectivity index (χ2v) is 5.03. The van der Waals surface area contributed by atoms with Crippen molar-refractivity contribution >= 4 is 11.6 Å². The zero-order chi connectivity index (χ0) is 16.2. The Morgan fingerprint density at radius 3 is 2.48 bits per heavy atom. The Morgan fingerprint density at radius 2 is 1.83 bits per heavy atom. The number of halogens is 1. The number of anilines is 1. The van der Waals surface area contributed by atoms with Crippen molar-refractivity contribution in [1.82, 2.24) is 9.78 Å². The van der Waals surface area contributed by atoms with Crippen LogP contribution in [0.1, 0.15) is 17.3 Å². The van der Waals surface area contributed by atoms with E-state index >= 15 is 0 Å². The largest absolute Gasteiger partial charge is 0.309 e. The first-order valence-electron chi connectivity index (χ1n) is 7.36. The molecule has 0 unspecified atom stereocenters. The van der Waals surface area contributed by atoms with E-state index in [-0.39, 0.29) is 11.7 Å². The van der Waals surface area contributed by atoms with Crippen molar-refractivity contribution in [3.05, 3.63) is 78.4 Å². The average molecular weight is 309 g/mol. The monoisotopic (exact) mass is 309 g/mol. The number of benzene rings is 2. The van der Waals surface area contributed by atoms with Gasteiger partial charge in [-0.3, -0.25) is 4.79 Å². The molecule has 0 saturated carbocycles. The Balaban J connectivity index is 1.87. The standard InChI is InChI=1S/C18H16FN3O/c1-2-21(16-10-8-15(19)9-11-16)18(23)14-12-20-22(13-14)17-6-4-3-5-7-17/h3-13H,2H2,1H3. The van der Waals surface area contributed by atoms with Crippen molar-refractivity contribution in [2.24, 2.45) is 0 Å². The van der Waals surface area contributed by atoms with Gasteiger partial charge in [-0.25, -0.2) is 9.07 Å². The van der Waals surface area contributed by atoms with Gasteiger partial charge in [-0.15, -0.1) is 0 Å². The number of aromatic nitrogens is 2. The summed E-state index contributed by atoms with van der Waals surface area (Å²) >= 11 is 0. The van der Waals surface area contributed by atoms with Crippen molar-refractivity contribution in [3.63, 3.8) is 0 Å². The summed E-state index contributed by atoms with van der Waals surface area (Å²) in [6.07, 6.45) is 3.24. The zero-order valence-corrected chi connectivity index (χ0v) is 12.7. The third-order valence-electron chi connectivity index (χ3n) is 3.55. The molecule has 23 heavy (non-hydrogen) atoms. The first kappa shape index (κ1) is 15.0. The minimum Gasteiger partial charge on any atom is -0.309 e. The summed E-state index contributed by atoms with van der Waals surface area (Å²) in [4.78, 5) is 14.3. The maximum Gasteiger partial charge on any atom is 0.261 e. The maximum absolute atomic E-state index is 13.1. The molecule has 0 aliphatic rings. The van der Waals surface area contributed by atoms with Crippen LogP contribution in [-0.4, -0.2) is 22.2 Å². The third-order valence-corrected chi connectivity index (χ3v) is 3.55. The van der Waals surface area contributed by atoms with Gasteiger partial charge in [0.1, 0.15) is 5.82 Å². The van der Waals surface area contributed by atoms with Gasteiger partial charge in [0.15, 0.2) is 0 Å². The molecule has 1 amide bonds. The van der Waals surface area contributed by atoms with Crippen LogP contribution >= 0.6 is 0 Å². The molecule has 3 aromatic rings. The topological polar surface area (TPSA) is 38.1 Å². The van der Waals surface area contributed by atoms with Gasteiger partial charge in [0, 0.05) is 18.4 Å². The highest BCUT2D eigenvalue weighted by atomic mass is 19.1. The van der Waals surface area contributed by atoms with Crippen LogP contribution in [0.5, 0.6) is 0 Å². The second-order valence-electron chi connectivity index (χ2n) is 5.03. The number of hydrogen-bond acceptors (Lipinski definition) is 2. The molecule has 5 heteroatoms. The van der Waals surface area contributed by atoms with Gasteiger partial charge < -0.3 is 4.90 Å². The Hall–Kier alpha value is -2.95. The molecule has 0 aliphatic heterocycles. The molecular formula is C18H16FN3O. The van der Waals surface area contributed by atoms with Gasteiger partial charge in [-0.1, -0.05) is 18.2 Å².